The van der Waals surface area contributed by atoms with E-state index in [1.807, 2.05) is 16.7 Å². The van der Waals surface area contributed by atoms with Gasteiger partial charge in [0.1, 0.15) is 10.5 Å². The quantitative estimate of drug-likeness (QED) is 0.664. The summed E-state index contributed by atoms with van der Waals surface area (Å²) < 4.78 is 28.5. The van der Waals surface area contributed by atoms with Gasteiger partial charge in [-0.25, -0.2) is 13.4 Å². The maximum Gasteiger partial charge on any atom is 0.244 e. The minimum absolute atomic E-state index is 0.0847. The highest BCUT2D eigenvalue weighted by Gasteiger charge is 2.32. The van der Waals surface area contributed by atoms with Crippen LogP contribution >= 0.6 is 11.6 Å². The molecule has 1 saturated heterocycles. The molecule has 1 aliphatic rings. The van der Waals surface area contributed by atoms with Gasteiger partial charge in [0.2, 0.25) is 15.9 Å². The molecule has 1 fully saturated rings. The molecule has 0 aliphatic carbocycles. The van der Waals surface area contributed by atoms with E-state index >= 15 is 0 Å². The van der Waals surface area contributed by atoms with E-state index < -0.39 is 10.0 Å². The van der Waals surface area contributed by atoms with Gasteiger partial charge in [0.25, 0.3) is 0 Å². The Morgan fingerprint density at radius 2 is 2.00 bits per heavy atom. The first kappa shape index (κ1) is 19.8. The van der Waals surface area contributed by atoms with Crippen LogP contribution in [0, 0.1) is 5.92 Å². The fraction of sp³-hybridized carbons (Fsp3) is 0.316. The maximum absolute atomic E-state index is 12.6. The van der Waals surface area contributed by atoms with Crippen molar-refractivity contribution in [1.82, 2.24) is 24.0 Å². The number of rotatable bonds is 5. The van der Waals surface area contributed by atoms with Gasteiger partial charge in [0, 0.05) is 43.8 Å². The molecule has 8 nitrogen and oxygen atoms in total. The summed E-state index contributed by atoms with van der Waals surface area (Å²) in [5, 5.41) is 3.51. The fourth-order valence-corrected chi connectivity index (χ4v) is 5.03. The zero-order chi connectivity index (χ0) is 20.4. The summed E-state index contributed by atoms with van der Waals surface area (Å²) in [5.74, 6) is -0.305. The smallest absolute Gasteiger partial charge is 0.244 e. The lowest BCUT2D eigenvalue weighted by Gasteiger charge is -2.30. The van der Waals surface area contributed by atoms with E-state index in [4.69, 9.17) is 11.6 Å². The van der Waals surface area contributed by atoms with Crippen molar-refractivity contribution in [2.45, 2.75) is 24.3 Å². The molecular weight excluding hydrogens is 414 g/mol. The molecule has 3 aromatic heterocycles. The minimum atomic E-state index is -3.57. The van der Waals surface area contributed by atoms with Gasteiger partial charge in [-0.3, -0.25) is 9.78 Å². The van der Waals surface area contributed by atoms with Crippen LogP contribution in [0.5, 0.6) is 0 Å². The zero-order valence-electron chi connectivity index (χ0n) is 15.5. The van der Waals surface area contributed by atoms with Crippen molar-refractivity contribution in [2.75, 3.05) is 13.1 Å². The third kappa shape index (κ3) is 4.26. The second-order valence-electron chi connectivity index (χ2n) is 6.93. The molecule has 0 radical (unpaired) electrons. The van der Waals surface area contributed by atoms with Crippen LogP contribution in [-0.4, -0.2) is 46.1 Å². The molecule has 4 rings (SSSR count). The first-order valence-electron chi connectivity index (χ1n) is 9.24. The third-order valence-electron chi connectivity index (χ3n) is 5.01. The molecule has 1 aliphatic heterocycles. The van der Waals surface area contributed by atoms with Crippen molar-refractivity contribution in [3.63, 3.8) is 0 Å². The molecule has 4 heterocycles. The number of imidazole rings is 1. The van der Waals surface area contributed by atoms with Crippen molar-refractivity contribution in [3.05, 3.63) is 59.8 Å². The number of aromatic nitrogens is 3. The highest BCUT2D eigenvalue weighted by atomic mass is 35.5. The molecule has 0 bridgehead atoms. The lowest BCUT2D eigenvalue weighted by molar-refractivity contribution is -0.126. The topological polar surface area (TPSA) is 96.7 Å². The predicted molar refractivity (Wildman–Crippen MR) is 108 cm³/mol. The van der Waals surface area contributed by atoms with Gasteiger partial charge >= 0.3 is 0 Å². The molecule has 29 heavy (non-hydrogen) atoms. The Morgan fingerprint density at radius 1 is 1.21 bits per heavy atom. The monoisotopic (exact) mass is 433 g/mol. The second kappa shape index (κ2) is 8.10. The van der Waals surface area contributed by atoms with Crippen molar-refractivity contribution >= 4 is 33.2 Å². The summed E-state index contributed by atoms with van der Waals surface area (Å²) in [6.45, 7) is 0.927. The SMILES string of the molecule is O=C(NCc1cn2cc(Cl)ccc2n1)C1CCN(S(=O)(=O)c2cccnc2)CC1. The molecule has 1 N–H and O–H groups in total. The van der Waals surface area contributed by atoms with Crippen molar-refractivity contribution < 1.29 is 13.2 Å². The summed E-state index contributed by atoms with van der Waals surface area (Å²) in [6, 6.07) is 6.70. The molecule has 0 saturated carbocycles. The molecule has 0 unspecified atom stereocenters. The average Bonchev–Trinajstić information content (AvgIpc) is 3.14. The third-order valence-corrected chi connectivity index (χ3v) is 7.11. The number of hydrogen-bond acceptors (Lipinski definition) is 5. The second-order valence-corrected chi connectivity index (χ2v) is 9.30. The number of hydrogen-bond donors (Lipinski definition) is 1. The van der Waals surface area contributed by atoms with E-state index in [9.17, 15) is 13.2 Å². The summed E-state index contributed by atoms with van der Waals surface area (Å²) in [6.07, 6.45) is 7.42. The Hall–Kier alpha value is -2.49. The van der Waals surface area contributed by atoms with E-state index in [1.165, 1.54) is 22.8 Å². The Bertz CT molecular complexity index is 1130. The average molecular weight is 434 g/mol. The Morgan fingerprint density at radius 3 is 2.72 bits per heavy atom. The van der Waals surface area contributed by atoms with Crippen LogP contribution in [0.1, 0.15) is 18.5 Å². The van der Waals surface area contributed by atoms with Crippen LogP contribution in [0.3, 0.4) is 0 Å². The summed E-state index contributed by atoms with van der Waals surface area (Å²) in [4.78, 5) is 21.0. The first-order valence-corrected chi connectivity index (χ1v) is 11.1. The van der Waals surface area contributed by atoms with Gasteiger partial charge in [-0.05, 0) is 37.1 Å². The number of piperidine rings is 1. The van der Waals surface area contributed by atoms with Crippen molar-refractivity contribution in [2.24, 2.45) is 5.92 Å². The van der Waals surface area contributed by atoms with Gasteiger partial charge in [0.15, 0.2) is 0 Å². The summed E-state index contributed by atoms with van der Waals surface area (Å²) in [7, 11) is -3.57. The number of carbonyl (C=O) groups excluding carboxylic acids is 1. The molecular formula is C19H20ClN5O3S. The Kier molecular flexibility index (Phi) is 5.53. The number of sulfonamides is 1. The standard InChI is InChI=1S/C19H20ClN5O3S/c20-15-3-4-18-23-16(13-24(18)12-15)10-22-19(26)14-5-8-25(9-6-14)29(27,28)17-2-1-7-21-11-17/h1-4,7,11-14H,5-6,8-10H2,(H,22,26). The zero-order valence-corrected chi connectivity index (χ0v) is 17.1. The molecule has 3 aromatic rings. The number of fused-ring (bicyclic) bond motifs is 1. The highest BCUT2D eigenvalue weighted by Crippen LogP contribution is 2.23. The van der Waals surface area contributed by atoms with E-state index in [2.05, 4.69) is 15.3 Å². The van der Waals surface area contributed by atoms with Crippen LogP contribution in [-0.2, 0) is 21.4 Å². The molecule has 10 heteroatoms. The van der Waals surface area contributed by atoms with Crippen molar-refractivity contribution in [3.8, 4) is 0 Å². The largest absolute Gasteiger partial charge is 0.350 e. The first-order chi connectivity index (χ1) is 13.9. The Balaban J connectivity index is 1.33. The lowest BCUT2D eigenvalue weighted by atomic mass is 9.97. The van der Waals surface area contributed by atoms with Gasteiger partial charge < -0.3 is 9.72 Å². The molecule has 152 valence electrons. The van der Waals surface area contributed by atoms with Crippen LogP contribution in [0.25, 0.3) is 5.65 Å². The molecule has 1 amide bonds. The summed E-state index contributed by atoms with van der Waals surface area (Å²) >= 11 is 5.97. The van der Waals surface area contributed by atoms with E-state index in [1.54, 1.807) is 18.3 Å². The Labute approximate surface area is 173 Å². The number of nitrogens with one attached hydrogen (secondary N) is 1. The number of carbonyl (C=O) groups is 1. The van der Waals surface area contributed by atoms with Crippen molar-refractivity contribution in [1.29, 1.82) is 0 Å². The highest BCUT2D eigenvalue weighted by molar-refractivity contribution is 7.89. The summed E-state index contributed by atoms with van der Waals surface area (Å²) in [5.41, 5.74) is 1.49. The van der Waals surface area contributed by atoms with E-state index in [0.29, 0.717) is 37.5 Å². The minimum Gasteiger partial charge on any atom is -0.350 e. The number of pyridine rings is 2. The van der Waals surface area contributed by atoms with Crippen LogP contribution in [0.15, 0.2) is 53.9 Å². The fourth-order valence-electron chi connectivity index (χ4n) is 3.43. The number of halogens is 1. The maximum atomic E-state index is 12.6. The normalized spacial score (nSPS) is 16.2. The number of amides is 1. The predicted octanol–water partition coefficient (Wildman–Crippen LogP) is 2.10. The van der Waals surface area contributed by atoms with Crippen LogP contribution < -0.4 is 5.32 Å². The van der Waals surface area contributed by atoms with Gasteiger partial charge in [-0.15, -0.1) is 0 Å². The molecule has 0 spiro atoms. The van der Waals surface area contributed by atoms with Gasteiger partial charge in [-0.2, -0.15) is 4.31 Å². The van der Waals surface area contributed by atoms with E-state index in [0.717, 1.165) is 11.3 Å². The van der Waals surface area contributed by atoms with Crippen LogP contribution in [0.2, 0.25) is 5.02 Å². The van der Waals surface area contributed by atoms with Gasteiger partial charge in [-0.1, -0.05) is 11.6 Å². The van der Waals surface area contributed by atoms with E-state index in [-0.39, 0.29) is 16.7 Å². The lowest BCUT2D eigenvalue weighted by Crippen LogP contribution is -2.42. The van der Waals surface area contributed by atoms with Gasteiger partial charge in [0.05, 0.1) is 17.3 Å². The molecule has 0 atom stereocenters. The number of nitrogens with zero attached hydrogens (tertiary/aromatic N) is 4. The van der Waals surface area contributed by atoms with Crippen LogP contribution in [0.4, 0.5) is 0 Å². The molecule has 0 aromatic carbocycles.